The second-order valence-electron chi connectivity index (χ2n) is 5.65. The fraction of sp³-hybridized carbons (Fsp3) is 0.600. The Kier molecular flexibility index (Phi) is 4.02. The summed E-state index contributed by atoms with van der Waals surface area (Å²) in [5.74, 6) is 1.62. The molecule has 0 saturated heterocycles. The van der Waals surface area contributed by atoms with Gasteiger partial charge < -0.3 is 19.9 Å². The van der Waals surface area contributed by atoms with E-state index in [1.165, 1.54) is 0 Å². The highest BCUT2D eigenvalue weighted by Gasteiger charge is 2.31. The molecule has 0 aliphatic carbocycles. The molecule has 2 rings (SSSR count). The molecular formula is C15H23NO3. The lowest BCUT2D eigenvalue weighted by molar-refractivity contribution is -0.0194. The van der Waals surface area contributed by atoms with Crippen molar-refractivity contribution in [1.82, 2.24) is 0 Å². The first-order valence-electron chi connectivity index (χ1n) is 6.60. The molecule has 1 aromatic rings. The van der Waals surface area contributed by atoms with E-state index in [-0.39, 0.29) is 17.7 Å². The van der Waals surface area contributed by atoms with Gasteiger partial charge in [-0.05, 0) is 19.9 Å². The average molecular weight is 265 g/mol. The van der Waals surface area contributed by atoms with Gasteiger partial charge in [0.25, 0.3) is 0 Å². The summed E-state index contributed by atoms with van der Waals surface area (Å²) in [7, 11) is 3.37. The van der Waals surface area contributed by atoms with E-state index in [0.717, 1.165) is 29.9 Å². The van der Waals surface area contributed by atoms with E-state index in [1.807, 2.05) is 18.2 Å². The van der Waals surface area contributed by atoms with Crippen LogP contribution in [0.15, 0.2) is 18.2 Å². The number of nitrogens with two attached hydrogens (primary N) is 1. The van der Waals surface area contributed by atoms with Crippen LogP contribution in [0.4, 0.5) is 0 Å². The van der Waals surface area contributed by atoms with Crippen molar-refractivity contribution in [2.45, 2.75) is 44.4 Å². The maximum atomic E-state index is 6.23. The van der Waals surface area contributed by atoms with Gasteiger partial charge in [-0.3, -0.25) is 0 Å². The van der Waals surface area contributed by atoms with Gasteiger partial charge in [0.15, 0.2) is 0 Å². The predicted molar refractivity (Wildman–Crippen MR) is 74.7 cm³/mol. The Morgan fingerprint density at radius 2 is 2.11 bits per heavy atom. The van der Waals surface area contributed by atoms with Gasteiger partial charge in [-0.15, -0.1) is 0 Å². The Morgan fingerprint density at radius 3 is 2.74 bits per heavy atom. The monoisotopic (exact) mass is 265 g/mol. The highest BCUT2D eigenvalue weighted by atomic mass is 16.5. The second-order valence-corrected chi connectivity index (χ2v) is 5.65. The SMILES string of the molecule is COc1ccc2c(c1)OC(CC(C)(C)OC)C[C@H]2N. The zero-order valence-electron chi connectivity index (χ0n) is 12.1. The quantitative estimate of drug-likeness (QED) is 0.909. The summed E-state index contributed by atoms with van der Waals surface area (Å²) in [6.45, 7) is 4.12. The molecule has 0 spiro atoms. The normalized spacial score (nSPS) is 22.6. The molecule has 19 heavy (non-hydrogen) atoms. The smallest absolute Gasteiger partial charge is 0.128 e. The van der Waals surface area contributed by atoms with E-state index >= 15 is 0 Å². The minimum absolute atomic E-state index is 0.00677. The molecule has 2 atom stereocenters. The van der Waals surface area contributed by atoms with Crippen LogP contribution in [-0.2, 0) is 4.74 Å². The largest absolute Gasteiger partial charge is 0.497 e. The van der Waals surface area contributed by atoms with Gasteiger partial charge in [-0.25, -0.2) is 0 Å². The molecule has 0 bridgehead atoms. The van der Waals surface area contributed by atoms with Gasteiger partial charge in [-0.2, -0.15) is 0 Å². The average Bonchev–Trinajstić information content (AvgIpc) is 2.37. The predicted octanol–water partition coefficient (Wildman–Crippen LogP) is 2.66. The molecule has 4 nitrogen and oxygen atoms in total. The Bertz CT molecular complexity index is 445. The van der Waals surface area contributed by atoms with Crippen LogP contribution >= 0.6 is 0 Å². The van der Waals surface area contributed by atoms with E-state index in [4.69, 9.17) is 19.9 Å². The molecule has 1 aliphatic heterocycles. The van der Waals surface area contributed by atoms with Gasteiger partial charge in [-0.1, -0.05) is 6.07 Å². The van der Waals surface area contributed by atoms with Gasteiger partial charge in [0, 0.05) is 37.6 Å². The summed E-state index contributed by atoms with van der Waals surface area (Å²) < 4.78 is 16.7. The number of benzene rings is 1. The first-order chi connectivity index (χ1) is 8.95. The van der Waals surface area contributed by atoms with Crippen molar-refractivity contribution in [3.8, 4) is 11.5 Å². The minimum atomic E-state index is -0.208. The van der Waals surface area contributed by atoms with Crippen LogP contribution in [-0.4, -0.2) is 25.9 Å². The highest BCUT2D eigenvalue weighted by molar-refractivity contribution is 5.43. The number of ether oxygens (including phenoxy) is 3. The van der Waals surface area contributed by atoms with Gasteiger partial charge >= 0.3 is 0 Å². The van der Waals surface area contributed by atoms with Gasteiger partial charge in [0.05, 0.1) is 12.7 Å². The maximum Gasteiger partial charge on any atom is 0.128 e. The number of fused-ring (bicyclic) bond motifs is 1. The van der Waals surface area contributed by atoms with Crippen molar-refractivity contribution in [3.05, 3.63) is 23.8 Å². The molecule has 0 saturated carbocycles. The molecule has 0 radical (unpaired) electrons. The minimum Gasteiger partial charge on any atom is -0.497 e. The number of methoxy groups -OCH3 is 2. The third kappa shape index (κ3) is 3.19. The van der Waals surface area contributed by atoms with E-state index in [0.29, 0.717) is 0 Å². The first-order valence-corrected chi connectivity index (χ1v) is 6.60. The van der Waals surface area contributed by atoms with E-state index in [2.05, 4.69) is 13.8 Å². The summed E-state index contributed by atoms with van der Waals surface area (Å²) in [6, 6.07) is 5.81. The summed E-state index contributed by atoms with van der Waals surface area (Å²) in [5.41, 5.74) is 7.07. The third-order valence-electron chi connectivity index (χ3n) is 3.70. The van der Waals surface area contributed by atoms with Crippen molar-refractivity contribution >= 4 is 0 Å². The zero-order chi connectivity index (χ0) is 14.0. The maximum absolute atomic E-state index is 6.23. The molecule has 0 aromatic heterocycles. The molecule has 1 heterocycles. The lowest BCUT2D eigenvalue weighted by atomic mass is 9.91. The molecule has 1 aliphatic rings. The number of hydrogen-bond acceptors (Lipinski definition) is 4. The molecule has 1 unspecified atom stereocenters. The molecule has 1 aromatic carbocycles. The molecule has 0 fully saturated rings. The van der Waals surface area contributed by atoms with Crippen molar-refractivity contribution in [3.63, 3.8) is 0 Å². The van der Waals surface area contributed by atoms with Crippen LogP contribution in [0.2, 0.25) is 0 Å². The summed E-state index contributed by atoms with van der Waals surface area (Å²) in [6.07, 6.45) is 1.70. The van der Waals surface area contributed by atoms with Gasteiger partial charge in [0.2, 0.25) is 0 Å². The highest BCUT2D eigenvalue weighted by Crippen LogP contribution is 2.38. The Hall–Kier alpha value is -1.26. The Labute approximate surface area is 114 Å². The topological polar surface area (TPSA) is 53.7 Å². The Balaban J connectivity index is 2.18. The van der Waals surface area contributed by atoms with Crippen LogP contribution in [0.25, 0.3) is 0 Å². The Morgan fingerprint density at radius 1 is 1.37 bits per heavy atom. The van der Waals surface area contributed by atoms with Crippen LogP contribution in [0.5, 0.6) is 11.5 Å². The van der Waals surface area contributed by atoms with Crippen molar-refractivity contribution in [2.24, 2.45) is 5.73 Å². The van der Waals surface area contributed by atoms with Crippen LogP contribution in [0, 0.1) is 0 Å². The molecule has 106 valence electrons. The van der Waals surface area contributed by atoms with Crippen molar-refractivity contribution in [2.75, 3.05) is 14.2 Å². The fourth-order valence-electron chi connectivity index (χ4n) is 2.44. The van der Waals surface area contributed by atoms with Crippen LogP contribution in [0.3, 0.4) is 0 Å². The standard InChI is InChI=1S/C15H23NO3/c1-15(2,18-4)9-11-7-13(16)12-6-5-10(17-3)8-14(12)19-11/h5-6,8,11,13H,7,9,16H2,1-4H3/t11?,13-/m1/s1. The summed E-state index contributed by atoms with van der Waals surface area (Å²) in [4.78, 5) is 0. The number of rotatable bonds is 4. The number of hydrogen-bond donors (Lipinski definition) is 1. The van der Waals surface area contributed by atoms with Gasteiger partial charge in [0.1, 0.15) is 17.6 Å². The van der Waals surface area contributed by atoms with E-state index in [9.17, 15) is 0 Å². The zero-order valence-corrected chi connectivity index (χ0v) is 12.1. The molecule has 2 N–H and O–H groups in total. The van der Waals surface area contributed by atoms with E-state index in [1.54, 1.807) is 14.2 Å². The lowest BCUT2D eigenvalue weighted by Gasteiger charge is -2.34. The van der Waals surface area contributed by atoms with Crippen molar-refractivity contribution in [1.29, 1.82) is 0 Å². The molecule has 4 heteroatoms. The van der Waals surface area contributed by atoms with Crippen LogP contribution < -0.4 is 15.2 Å². The van der Waals surface area contributed by atoms with Crippen LogP contribution in [0.1, 0.15) is 38.3 Å². The molecular weight excluding hydrogens is 242 g/mol. The molecule has 0 amide bonds. The first kappa shape index (κ1) is 14.2. The van der Waals surface area contributed by atoms with E-state index < -0.39 is 0 Å². The third-order valence-corrected chi connectivity index (χ3v) is 3.70. The fourth-order valence-corrected chi connectivity index (χ4v) is 2.44. The van der Waals surface area contributed by atoms with Crippen molar-refractivity contribution < 1.29 is 14.2 Å². The summed E-state index contributed by atoms with van der Waals surface area (Å²) in [5, 5.41) is 0. The second kappa shape index (κ2) is 5.39. The summed E-state index contributed by atoms with van der Waals surface area (Å²) >= 11 is 0. The lowest BCUT2D eigenvalue weighted by Crippen LogP contribution is -2.36.